The molecule has 2 aliphatic heterocycles. The van der Waals surface area contributed by atoms with Crippen molar-refractivity contribution in [2.24, 2.45) is 0 Å². The number of piperidine rings is 1. The molecule has 25 heavy (non-hydrogen) atoms. The summed E-state index contributed by atoms with van der Waals surface area (Å²) in [6.45, 7) is 4.31. The molecular formula is C21H25N2O2+. The van der Waals surface area contributed by atoms with Crippen LogP contribution in [-0.2, 0) is 0 Å². The fourth-order valence-electron chi connectivity index (χ4n) is 4.42. The van der Waals surface area contributed by atoms with E-state index >= 15 is 0 Å². The number of aryl methyl sites for hydroxylation is 1. The quantitative estimate of drug-likeness (QED) is 0.910. The average molecular weight is 337 g/mol. The van der Waals surface area contributed by atoms with Crippen LogP contribution in [-0.4, -0.2) is 39.2 Å². The lowest BCUT2D eigenvalue weighted by atomic mass is 9.88. The summed E-state index contributed by atoms with van der Waals surface area (Å²) in [4.78, 5) is 17.0. The number of fused-ring (bicyclic) bond motifs is 3. The van der Waals surface area contributed by atoms with Crippen LogP contribution in [0.15, 0.2) is 42.5 Å². The number of nitrogens with one attached hydrogen (secondary N) is 1. The van der Waals surface area contributed by atoms with Gasteiger partial charge in [0.15, 0.2) is 0 Å². The molecule has 0 aromatic heterocycles. The minimum atomic E-state index is 0.0506. The monoisotopic (exact) mass is 337 g/mol. The van der Waals surface area contributed by atoms with E-state index in [2.05, 4.69) is 32.2 Å². The standard InChI is InChI=1S/C21H24N2O2/c1-14-8-9-18-16(12-14)17-13-22(2)11-10-19(17)23(18)21(24)15-6-4-5-7-20(15)25-3/h4-9,12,17,19H,10-11,13H2,1-3H3/p+1/t17-,19-/m1/s1. The Morgan fingerprint density at radius 3 is 2.84 bits per heavy atom. The molecule has 2 aliphatic rings. The van der Waals surface area contributed by atoms with Gasteiger partial charge in [0.2, 0.25) is 0 Å². The van der Waals surface area contributed by atoms with E-state index in [1.54, 1.807) is 12.0 Å². The van der Waals surface area contributed by atoms with Crippen molar-refractivity contribution in [1.82, 2.24) is 0 Å². The molecule has 0 spiro atoms. The number of nitrogens with zero attached hydrogens (tertiary/aromatic N) is 1. The summed E-state index contributed by atoms with van der Waals surface area (Å²) in [6.07, 6.45) is 1.03. The van der Waals surface area contributed by atoms with Crippen LogP contribution in [0.5, 0.6) is 5.75 Å². The molecule has 0 saturated carbocycles. The Bertz CT molecular complexity index is 817. The zero-order valence-corrected chi connectivity index (χ0v) is 15.1. The van der Waals surface area contributed by atoms with Crippen molar-refractivity contribution in [3.05, 3.63) is 59.2 Å². The summed E-state index contributed by atoms with van der Waals surface area (Å²) >= 11 is 0. The van der Waals surface area contributed by atoms with E-state index in [1.165, 1.54) is 11.1 Å². The lowest BCUT2D eigenvalue weighted by molar-refractivity contribution is -0.886. The first-order valence-corrected chi connectivity index (χ1v) is 8.98. The predicted molar refractivity (Wildman–Crippen MR) is 98.7 cm³/mol. The lowest BCUT2D eigenvalue weighted by Gasteiger charge is -2.34. The number of likely N-dealkylation sites (N-methyl/N-ethyl adjacent to an activating group) is 1. The highest BCUT2D eigenvalue weighted by Gasteiger charge is 2.46. The van der Waals surface area contributed by atoms with Gasteiger partial charge in [0.25, 0.3) is 5.91 Å². The number of methoxy groups -OCH3 is 1. The van der Waals surface area contributed by atoms with Crippen molar-refractivity contribution in [2.75, 3.05) is 32.1 Å². The Morgan fingerprint density at radius 2 is 2.04 bits per heavy atom. The third-order valence-corrected chi connectivity index (χ3v) is 5.63. The molecule has 0 radical (unpaired) electrons. The number of benzene rings is 2. The molecule has 4 nitrogen and oxygen atoms in total. The van der Waals surface area contributed by atoms with Gasteiger partial charge in [-0.05, 0) is 30.7 Å². The summed E-state index contributed by atoms with van der Waals surface area (Å²) in [5.41, 5.74) is 4.30. The van der Waals surface area contributed by atoms with Gasteiger partial charge in [0, 0.05) is 12.1 Å². The van der Waals surface area contributed by atoms with E-state index in [0.29, 0.717) is 17.2 Å². The van der Waals surface area contributed by atoms with Gasteiger partial charge in [0.1, 0.15) is 5.75 Å². The number of rotatable bonds is 2. The number of ether oxygens (including phenoxy) is 1. The van der Waals surface area contributed by atoms with Gasteiger partial charge in [-0.2, -0.15) is 0 Å². The smallest absolute Gasteiger partial charge is 0.262 e. The first-order valence-electron chi connectivity index (χ1n) is 8.98. The Hall–Kier alpha value is -2.33. The van der Waals surface area contributed by atoms with E-state index in [0.717, 1.165) is 25.2 Å². The molecule has 2 aromatic rings. The first kappa shape index (κ1) is 16.2. The van der Waals surface area contributed by atoms with Crippen molar-refractivity contribution in [1.29, 1.82) is 0 Å². The van der Waals surface area contributed by atoms with E-state index in [-0.39, 0.29) is 11.9 Å². The van der Waals surface area contributed by atoms with Crippen LogP contribution in [0, 0.1) is 6.92 Å². The first-order chi connectivity index (χ1) is 12.1. The molecule has 4 heteroatoms. The molecule has 1 unspecified atom stereocenters. The topological polar surface area (TPSA) is 34.0 Å². The molecule has 0 bridgehead atoms. The Balaban J connectivity index is 1.80. The van der Waals surface area contributed by atoms with Crippen molar-refractivity contribution < 1.29 is 14.4 Å². The molecule has 2 aromatic carbocycles. The number of hydrogen-bond acceptors (Lipinski definition) is 2. The second-order valence-electron chi connectivity index (χ2n) is 7.31. The highest BCUT2D eigenvalue weighted by atomic mass is 16.5. The van der Waals surface area contributed by atoms with Crippen LogP contribution in [0.4, 0.5) is 5.69 Å². The number of para-hydroxylation sites is 1. The van der Waals surface area contributed by atoms with Crippen molar-refractivity contribution in [3.63, 3.8) is 0 Å². The number of anilines is 1. The normalized spacial score (nSPS) is 24.6. The van der Waals surface area contributed by atoms with E-state index in [9.17, 15) is 4.79 Å². The Morgan fingerprint density at radius 1 is 1.24 bits per heavy atom. The van der Waals surface area contributed by atoms with Crippen molar-refractivity contribution >= 4 is 11.6 Å². The van der Waals surface area contributed by atoms with Gasteiger partial charge in [0.05, 0.1) is 44.8 Å². The number of carbonyl (C=O) groups is 1. The van der Waals surface area contributed by atoms with Crippen LogP contribution >= 0.6 is 0 Å². The third kappa shape index (κ3) is 2.61. The maximum absolute atomic E-state index is 13.4. The van der Waals surface area contributed by atoms with Gasteiger partial charge >= 0.3 is 0 Å². The molecule has 1 saturated heterocycles. The minimum absolute atomic E-state index is 0.0506. The summed E-state index contributed by atoms with van der Waals surface area (Å²) in [5, 5.41) is 0. The minimum Gasteiger partial charge on any atom is -0.496 e. The maximum Gasteiger partial charge on any atom is 0.262 e. The number of carbonyl (C=O) groups excluding carboxylic acids is 1. The van der Waals surface area contributed by atoms with Crippen molar-refractivity contribution in [3.8, 4) is 5.75 Å². The SMILES string of the molecule is COc1ccccc1C(=O)N1c2ccc(C)cc2[C@H]2C[NH+](C)CC[C@H]21. The number of likely N-dealkylation sites (tertiary alicyclic amines) is 1. The van der Waals surface area contributed by atoms with E-state index in [1.807, 2.05) is 29.2 Å². The van der Waals surface area contributed by atoms with E-state index in [4.69, 9.17) is 4.74 Å². The summed E-state index contributed by atoms with van der Waals surface area (Å²) in [7, 11) is 3.87. The molecule has 4 rings (SSSR count). The Labute approximate surface area is 149 Å². The van der Waals surface area contributed by atoms with Gasteiger partial charge in [-0.25, -0.2) is 0 Å². The highest BCUT2D eigenvalue weighted by molar-refractivity contribution is 6.09. The van der Waals surface area contributed by atoms with E-state index < -0.39 is 0 Å². The molecule has 130 valence electrons. The Kier molecular flexibility index (Phi) is 4.00. The molecule has 1 amide bonds. The zero-order valence-electron chi connectivity index (χ0n) is 15.1. The van der Waals surface area contributed by atoms with Crippen molar-refractivity contribution in [2.45, 2.75) is 25.3 Å². The summed E-state index contributed by atoms with van der Waals surface area (Å²) in [5.74, 6) is 1.11. The van der Waals surface area contributed by atoms with Crippen LogP contribution in [0.3, 0.4) is 0 Å². The van der Waals surface area contributed by atoms with Crippen LogP contribution in [0.25, 0.3) is 0 Å². The van der Waals surface area contributed by atoms with Crippen LogP contribution in [0.2, 0.25) is 0 Å². The molecular weight excluding hydrogens is 312 g/mol. The molecule has 2 heterocycles. The number of quaternary nitrogens is 1. The zero-order chi connectivity index (χ0) is 17.6. The number of amides is 1. The fraction of sp³-hybridized carbons (Fsp3) is 0.381. The molecule has 3 atom stereocenters. The molecule has 1 fully saturated rings. The largest absolute Gasteiger partial charge is 0.496 e. The lowest BCUT2D eigenvalue weighted by Crippen LogP contribution is -3.11. The molecule has 0 aliphatic carbocycles. The average Bonchev–Trinajstić information content (AvgIpc) is 2.94. The maximum atomic E-state index is 13.4. The van der Waals surface area contributed by atoms with Crippen LogP contribution in [0.1, 0.15) is 33.8 Å². The highest BCUT2D eigenvalue weighted by Crippen LogP contribution is 2.44. The number of hydrogen-bond donors (Lipinski definition) is 1. The molecule has 1 N–H and O–H groups in total. The summed E-state index contributed by atoms with van der Waals surface area (Å²) in [6, 6.07) is 14.3. The fourth-order valence-corrected chi connectivity index (χ4v) is 4.42. The van der Waals surface area contributed by atoms with Gasteiger partial charge in [-0.1, -0.05) is 29.8 Å². The van der Waals surface area contributed by atoms with Gasteiger partial charge < -0.3 is 14.5 Å². The van der Waals surface area contributed by atoms with Gasteiger partial charge in [-0.3, -0.25) is 4.79 Å². The second-order valence-corrected chi connectivity index (χ2v) is 7.31. The third-order valence-electron chi connectivity index (χ3n) is 5.63. The second kappa shape index (κ2) is 6.19. The van der Waals surface area contributed by atoms with Crippen LogP contribution < -0.4 is 14.5 Å². The predicted octanol–water partition coefficient (Wildman–Crippen LogP) is 2.03. The van der Waals surface area contributed by atoms with Gasteiger partial charge in [-0.15, -0.1) is 0 Å². The summed E-state index contributed by atoms with van der Waals surface area (Å²) < 4.78 is 5.43.